The highest BCUT2D eigenvalue weighted by molar-refractivity contribution is 5.62. The molecular formula is C19H26. The standard InChI is InChI=1S/C19H26/c1-13(2)16-10-8-14(3)12-19(16)18-11-9-15-6-4-5-7-17(15)18/h4-7,9,11,13-14,16,18-19H,8,10,12H2,1-3H3/t14-,16-,18+,19+/m1/s1. The van der Waals surface area contributed by atoms with Gasteiger partial charge >= 0.3 is 0 Å². The van der Waals surface area contributed by atoms with Gasteiger partial charge in [0.15, 0.2) is 0 Å². The Kier molecular flexibility index (Phi) is 3.52. The van der Waals surface area contributed by atoms with Crippen LogP contribution in [0.5, 0.6) is 0 Å². The van der Waals surface area contributed by atoms with Crippen LogP contribution in [0.2, 0.25) is 0 Å². The third-order valence-corrected chi connectivity index (χ3v) is 5.37. The average molecular weight is 254 g/mol. The van der Waals surface area contributed by atoms with E-state index >= 15 is 0 Å². The number of hydrogen-bond acceptors (Lipinski definition) is 0. The van der Waals surface area contributed by atoms with Gasteiger partial charge in [-0.1, -0.05) is 63.6 Å². The number of hydrogen-bond donors (Lipinski definition) is 0. The molecule has 102 valence electrons. The molecule has 0 radical (unpaired) electrons. The van der Waals surface area contributed by atoms with E-state index in [-0.39, 0.29) is 0 Å². The molecule has 2 aliphatic carbocycles. The molecule has 19 heavy (non-hydrogen) atoms. The fraction of sp³-hybridized carbons (Fsp3) is 0.579. The van der Waals surface area contributed by atoms with E-state index < -0.39 is 0 Å². The minimum atomic E-state index is 0.673. The summed E-state index contributed by atoms with van der Waals surface area (Å²) in [4.78, 5) is 0. The van der Waals surface area contributed by atoms with Crippen LogP contribution in [0.15, 0.2) is 30.3 Å². The minimum absolute atomic E-state index is 0.673. The van der Waals surface area contributed by atoms with E-state index in [2.05, 4.69) is 57.2 Å². The smallest absolute Gasteiger partial charge is 0.00583 e. The lowest BCUT2D eigenvalue weighted by Gasteiger charge is -2.40. The molecular weight excluding hydrogens is 228 g/mol. The zero-order valence-electron chi connectivity index (χ0n) is 12.5. The van der Waals surface area contributed by atoms with Crippen LogP contribution in [0.3, 0.4) is 0 Å². The lowest BCUT2D eigenvalue weighted by molar-refractivity contribution is 0.133. The van der Waals surface area contributed by atoms with Crippen molar-refractivity contribution in [2.45, 2.75) is 46.0 Å². The second-order valence-corrected chi connectivity index (χ2v) is 7.00. The van der Waals surface area contributed by atoms with Crippen molar-refractivity contribution in [2.75, 3.05) is 0 Å². The maximum atomic E-state index is 2.47. The van der Waals surface area contributed by atoms with E-state index in [1.807, 2.05) is 0 Å². The lowest BCUT2D eigenvalue weighted by atomic mass is 9.64. The molecule has 4 atom stereocenters. The van der Waals surface area contributed by atoms with Gasteiger partial charge in [-0.3, -0.25) is 0 Å². The maximum Gasteiger partial charge on any atom is 0.00583 e. The quantitative estimate of drug-likeness (QED) is 0.653. The summed E-state index contributed by atoms with van der Waals surface area (Å²) >= 11 is 0. The summed E-state index contributed by atoms with van der Waals surface area (Å²) in [7, 11) is 0. The first-order valence-corrected chi connectivity index (χ1v) is 7.94. The SMILES string of the molecule is CC(C)[C@H]1CC[C@@H](C)C[C@@H]1[C@H]1C=Cc2ccccc21. The highest BCUT2D eigenvalue weighted by Crippen LogP contribution is 2.48. The van der Waals surface area contributed by atoms with Gasteiger partial charge in [-0.25, -0.2) is 0 Å². The van der Waals surface area contributed by atoms with Gasteiger partial charge in [-0.15, -0.1) is 0 Å². The third kappa shape index (κ3) is 2.38. The van der Waals surface area contributed by atoms with Gasteiger partial charge in [0.1, 0.15) is 0 Å². The minimum Gasteiger partial charge on any atom is -0.0761 e. The molecule has 0 unspecified atom stereocenters. The summed E-state index contributed by atoms with van der Waals surface area (Å²) < 4.78 is 0. The van der Waals surface area contributed by atoms with Crippen molar-refractivity contribution in [1.82, 2.24) is 0 Å². The van der Waals surface area contributed by atoms with Crippen molar-refractivity contribution in [1.29, 1.82) is 0 Å². The predicted octanol–water partition coefficient (Wildman–Crippen LogP) is 5.51. The normalized spacial score (nSPS) is 33.7. The third-order valence-electron chi connectivity index (χ3n) is 5.37. The molecule has 0 amide bonds. The Labute approximate surface area is 117 Å². The van der Waals surface area contributed by atoms with E-state index in [1.165, 1.54) is 24.8 Å². The summed E-state index contributed by atoms with van der Waals surface area (Å²) in [5.41, 5.74) is 3.03. The predicted molar refractivity (Wildman–Crippen MR) is 83.1 cm³/mol. The van der Waals surface area contributed by atoms with Crippen LogP contribution in [0.4, 0.5) is 0 Å². The average Bonchev–Trinajstić information content (AvgIpc) is 2.82. The molecule has 0 spiro atoms. The molecule has 0 heteroatoms. The number of rotatable bonds is 2. The molecule has 0 bridgehead atoms. The molecule has 0 nitrogen and oxygen atoms in total. The Morgan fingerprint density at radius 3 is 2.68 bits per heavy atom. The molecule has 1 saturated carbocycles. The zero-order valence-corrected chi connectivity index (χ0v) is 12.5. The summed E-state index contributed by atoms with van der Waals surface area (Å²) in [6, 6.07) is 8.98. The fourth-order valence-corrected chi connectivity index (χ4v) is 4.34. The molecule has 2 aliphatic rings. The Hall–Kier alpha value is -1.04. The topological polar surface area (TPSA) is 0 Å². The second-order valence-electron chi connectivity index (χ2n) is 7.00. The van der Waals surface area contributed by atoms with Gasteiger partial charge in [0.05, 0.1) is 0 Å². The van der Waals surface area contributed by atoms with Gasteiger partial charge in [-0.05, 0) is 47.6 Å². The highest BCUT2D eigenvalue weighted by Gasteiger charge is 2.37. The van der Waals surface area contributed by atoms with Crippen molar-refractivity contribution < 1.29 is 0 Å². The Morgan fingerprint density at radius 1 is 1.11 bits per heavy atom. The second kappa shape index (κ2) is 5.15. The first-order chi connectivity index (χ1) is 9.16. The molecule has 0 heterocycles. The first kappa shape index (κ1) is 13.0. The van der Waals surface area contributed by atoms with Crippen LogP contribution in [-0.4, -0.2) is 0 Å². The van der Waals surface area contributed by atoms with E-state index in [4.69, 9.17) is 0 Å². The molecule has 0 aromatic heterocycles. The van der Waals surface area contributed by atoms with Crippen LogP contribution in [0.25, 0.3) is 6.08 Å². The molecule has 0 N–H and O–H groups in total. The molecule has 1 aromatic carbocycles. The van der Waals surface area contributed by atoms with Crippen LogP contribution in [0.1, 0.15) is 57.1 Å². The van der Waals surface area contributed by atoms with Crippen LogP contribution >= 0.6 is 0 Å². The Morgan fingerprint density at radius 2 is 1.89 bits per heavy atom. The Balaban J connectivity index is 1.90. The van der Waals surface area contributed by atoms with Crippen molar-refractivity contribution in [3.8, 4) is 0 Å². The van der Waals surface area contributed by atoms with Gasteiger partial charge in [-0.2, -0.15) is 0 Å². The van der Waals surface area contributed by atoms with Crippen LogP contribution in [-0.2, 0) is 0 Å². The van der Waals surface area contributed by atoms with Crippen LogP contribution in [0, 0.1) is 23.7 Å². The maximum absolute atomic E-state index is 2.47. The van der Waals surface area contributed by atoms with Gasteiger partial charge in [0.25, 0.3) is 0 Å². The number of benzene rings is 1. The number of fused-ring (bicyclic) bond motifs is 1. The molecule has 3 rings (SSSR count). The monoisotopic (exact) mass is 254 g/mol. The summed E-state index contributed by atoms with van der Waals surface area (Å²) in [5.74, 6) is 4.15. The molecule has 1 aromatic rings. The fourth-order valence-electron chi connectivity index (χ4n) is 4.34. The van der Waals surface area contributed by atoms with E-state index in [0.29, 0.717) is 5.92 Å². The zero-order chi connectivity index (χ0) is 13.4. The lowest BCUT2D eigenvalue weighted by Crippen LogP contribution is -2.31. The van der Waals surface area contributed by atoms with E-state index in [0.717, 1.165) is 23.7 Å². The molecule has 0 saturated heterocycles. The summed E-state index contributed by atoms with van der Waals surface area (Å²) in [6.07, 6.45) is 9.08. The van der Waals surface area contributed by atoms with Crippen molar-refractivity contribution in [3.05, 3.63) is 41.5 Å². The van der Waals surface area contributed by atoms with E-state index in [9.17, 15) is 0 Å². The summed E-state index contributed by atoms with van der Waals surface area (Å²) in [6.45, 7) is 7.27. The van der Waals surface area contributed by atoms with Crippen molar-refractivity contribution >= 4 is 6.08 Å². The van der Waals surface area contributed by atoms with Gasteiger partial charge in [0.2, 0.25) is 0 Å². The van der Waals surface area contributed by atoms with Crippen LogP contribution < -0.4 is 0 Å². The molecule has 1 fully saturated rings. The van der Waals surface area contributed by atoms with Gasteiger partial charge < -0.3 is 0 Å². The van der Waals surface area contributed by atoms with E-state index in [1.54, 1.807) is 5.56 Å². The van der Waals surface area contributed by atoms with Gasteiger partial charge in [0, 0.05) is 5.92 Å². The first-order valence-electron chi connectivity index (χ1n) is 7.94. The molecule has 0 aliphatic heterocycles. The van der Waals surface area contributed by atoms with Crippen molar-refractivity contribution in [3.63, 3.8) is 0 Å². The van der Waals surface area contributed by atoms with Crippen molar-refractivity contribution in [2.24, 2.45) is 23.7 Å². The largest absolute Gasteiger partial charge is 0.0761 e. The summed E-state index contributed by atoms with van der Waals surface area (Å²) in [5, 5.41) is 0. The Bertz CT molecular complexity index is 469. The highest BCUT2D eigenvalue weighted by atomic mass is 14.4. The number of allylic oxidation sites excluding steroid dienone is 1.